The van der Waals surface area contributed by atoms with E-state index in [-0.39, 0.29) is 11.8 Å². The second kappa shape index (κ2) is 6.39. The molecular weight excluding hydrogens is 316 g/mol. The fourth-order valence-corrected chi connectivity index (χ4v) is 3.15. The normalized spacial score (nSPS) is 16.2. The molecule has 3 aromatic rings. The van der Waals surface area contributed by atoms with E-state index < -0.39 is 0 Å². The smallest absolute Gasteiger partial charge is 0.226 e. The lowest BCUT2D eigenvalue weighted by molar-refractivity contribution is -0.116. The summed E-state index contributed by atoms with van der Waals surface area (Å²) in [5.74, 6) is 1.43. The molecule has 0 bridgehead atoms. The molecule has 0 unspecified atom stereocenters. The van der Waals surface area contributed by atoms with E-state index in [0.717, 1.165) is 28.4 Å². The molecule has 126 valence electrons. The Hall–Kier alpha value is -3.15. The first-order valence-electron chi connectivity index (χ1n) is 8.16. The number of anilines is 1. The van der Waals surface area contributed by atoms with Crippen LogP contribution in [-0.4, -0.2) is 20.7 Å². The van der Waals surface area contributed by atoms with Crippen LogP contribution >= 0.6 is 0 Å². The molecule has 3 heterocycles. The van der Waals surface area contributed by atoms with Crippen LogP contribution in [0.5, 0.6) is 5.75 Å². The van der Waals surface area contributed by atoms with Gasteiger partial charge in [0.05, 0.1) is 11.9 Å². The van der Waals surface area contributed by atoms with Crippen LogP contribution in [0.25, 0.3) is 0 Å². The quantitative estimate of drug-likeness (QED) is 0.796. The molecule has 0 saturated carbocycles. The van der Waals surface area contributed by atoms with Gasteiger partial charge in [-0.3, -0.25) is 14.5 Å². The zero-order chi connectivity index (χ0) is 17.2. The van der Waals surface area contributed by atoms with Crippen molar-refractivity contribution in [2.75, 3.05) is 5.32 Å². The number of ether oxygens (including phenoxy) is 1. The van der Waals surface area contributed by atoms with Gasteiger partial charge in [0, 0.05) is 36.7 Å². The molecule has 0 radical (unpaired) electrons. The van der Waals surface area contributed by atoms with E-state index in [1.807, 2.05) is 55.7 Å². The summed E-state index contributed by atoms with van der Waals surface area (Å²) in [6, 6.07) is 13.6. The van der Waals surface area contributed by atoms with Gasteiger partial charge in [0.2, 0.25) is 5.91 Å². The van der Waals surface area contributed by atoms with E-state index in [1.54, 1.807) is 10.9 Å². The van der Waals surface area contributed by atoms with Gasteiger partial charge in [0.25, 0.3) is 0 Å². The lowest BCUT2D eigenvalue weighted by Crippen LogP contribution is -2.24. The molecule has 1 aromatic carbocycles. The van der Waals surface area contributed by atoms with Crippen LogP contribution in [-0.2, 0) is 18.4 Å². The van der Waals surface area contributed by atoms with E-state index in [4.69, 9.17) is 4.74 Å². The molecule has 1 aliphatic heterocycles. The van der Waals surface area contributed by atoms with Gasteiger partial charge < -0.3 is 10.1 Å². The van der Waals surface area contributed by atoms with Gasteiger partial charge >= 0.3 is 0 Å². The van der Waals surface area contributed by atoms with E-state index in [0.29, 0.717) is 13.0 Å². The first-order valence-corrected chi connectivity index (χ1v) is 8.16. The number of aryl methyl sites for hydroxylation is 1. The molecule has 4 rings (SSSR count). The summed E-state index contributed by atoms with van der Waals surface area (Å²) in [7, 11) is 1.82. The Bertz CT molecular complexity index is 905. The highest BCUT2D eigenvalue weighted by Gasteiger charge is 2.31. The van der Waals surface area contributed by atoms with Crippen molar-refractivity contribution in [3.63, 3.8) is 0 Å². The Morgan fingerprint density at radius 2 is 2.04 bits per heavy atom. The number of nitrogens with zero attached hydrogens (tertiary/aromatic N) is 3. The van der Waals surface area contributed by atoms with Gasteiger partial charge in [0.15, 0.2) is 0 Å². The topological polar surface area (TPSA) is 69.0 Å². The number of rotatable bonds is 4. The largest absolute Gasteiger partial charge is 0.487 e. The fourth-order valence-electron chi connectivity index (χ4n) is 3.15. The van der Waals surface area contributed by atoms with Crippen molar-refractivity contribution in [1.82, 2.24) is 14.8 Å². The highest BCUT2D eigenvalue weighted by molar-refractivity contribution is 5.94. The third kappa shape index (κ3) is 2.98. The van der Waals surface area contributed by atoms with Gasteiger partial charge in [-0.25, -0.2) is 0 Å². The van der Waals surface area contributed by atoms with Crippen molar-refractivity contribution < 1.29 is 9.53 Å². The number of benzene rings is 1. The number of hydrogen-bond donors (Lipinski definition) is 1. The zero-order valence-electron chi connectivity index (χ0n) is 13.8. The molecule has 1 aliphatic rings. The second-order valence-corrected chi connectivity index (χ2v) is 6.02. The van der Waals surface area contributed by atoms with Crippen molar-refractivity contribution in [3.05, 3.63) is 71.7 Å². The number of amides is 1. The lowest BCUT2D eigenvalue weighted by atomic mass is 9.87. The van der Waals surface area contributed by atoms with Crippen molar-refractivity contribution >= 4 is 11.7 Å². The van der Waals surface area contributed by atoms with E-state index in [1.165, 1.54) is 0 Å². The molecule has 0 spiro atoms. The molecule has 0 aliphatic carbocycles. The van der Waals surface area contributed by atoms with Crippen LogP contribution < -0.4 is 10.1 Å². The molecule has 25 heavy (non-hydrogen) atoms. The standard InChI is InChI=1S/C19H18N4O2/c1-23-19-16(11-21-23)15(10-18(24)22-19)14-7-2-3-8-17(14)25-12-13-6-4-5-9-20-13/h2-9,11,15H,10,12H2,1H3,(H,22,24)/t15-/m0/s1. The number of carbonyl (C=O) groups excluding carboxylic acids is 1. The molecule has 0 saturated heterocycles. The summed E-state index contributed by atoms with van der Waals surface area (Å²) < 4.78 is 7.70. The van der Waals surface area contributed by atoms with Crippen LogP contribution in [0.1, 0.15) is 29.2 Å². The number of aromatic nitrogens is 3. The van der Waals surface area contributed by atoms with Gasteiger partial charge in [-0.15, -0.1) is 0 Å². The third-order valence-electron chi connectivity index (χ3n) is 4.39. The maximum absolute atomic E-state index is 12.1. The Morgan fingerprint density at radius 3 is 2.88 bits per heavy atom. The van der Waals surface area contributed by atoms with E-state index >= 15 is 0 Å². The maximum atomic E-state index is 12.1. The van der Waals surface area contributed by atoms with Crippen molar-refractivity contribution in [2.45, 2.75) is 18.9 Å². The summed E-state index contributed by atoms with van der Waals surface area (Å²) in [5, 5.41) is 7.18. The Balaban J connectivity index is 1.66. The molecule has 1 atom stereocenters. The van der Waals surface area contributed by atoms with Crippen LogP contribution in [0.4, 0.5) is 5.82 Å². The van der Waals surface area contributed by atoms with Gasteiger partial charge in [0.1, 0.15) is 18.2 Å². The first-order chi connectivity index (χ1) is 12.2. The summed E-state index contributed by atoms with van der Waals surface area (Å²) >= 11 is 0. The number of para-hydroxylation sites is 1. The van der Waals surface area contributed by atoms with Crippen LogP contribution in [0, 0.1) is 0 Å². The van der Waals surface area contributed by atoms with E-state index in [9.17, 15) is 4.79 Å². The minimum absolute atomic E-state index is 0.0133. The second-order valence-electron chi connectivity index (χ2n) is 6.02. The average molecular weight is 334 g/mol. The Labute approximate surface area is 145 Å². The highest BCUT2D eigenvalue weighted by atomic mass is 16.5. The molecule has 2 aromatic heterocycles. The molecule has 6 nitrogen and oxygen atoms in total. The van der Waals surface area contributed by atoms with Crippen LogP contribution in [0.3, 0.4) is 0 Å². The number of carbonyl (C=O) groups is 1. The minimum atomic E-state index is -0.0719. The lowest BCUT2D eigenvalue weighted by Gasteiger charge is -2.25. The zero-order valence-corrected chi connectivity index (χ0v) is 13.8. The number of pyridine rings is 1. The summed E-state index contributed by atoms with van der Waals surface area (Å²) in [6.45, 7) is 0.386. The first kappa shape index (κ1) is 15.4. The number of hydrogen-bond acceptors (Lipinski definition) is 4. The molecule has 0 fully saturated rings. The SMILES string of the molecule is Cn1ncc2c1NC(=O)C[C@H]2c1ccccc1OCc1ccccn1. The monoisotopic (exact) mass is 334 g/mol. The Kier molecular flexibility index (Phi) is 3.93. The number of nitrogens with one attached hydrogen (secondary N) is 1. The van der Waals surface area contributed by atoms with Crippen LogP contribution in [0.15, 0.2) is 54.9 Å². The Morgan fingerprint density at radius 1 is 1.20 bits per heavy atom. The molecule has 1 N–H and O–H groups in total. The van der Waals surface area contributed by atoms with Gasteiger partial charge in [-0.1, -0.05) is 24.3 Å². The number of fused-ring (bicyclic) bond motifs is 1. The average Bonchev–Trinajstić information content (AvgIpc) is 3.01. The van der Waals surface area contributed by atoms with Gasteiger partial charge in [-0.05, 0) is 18.2 Å². The maximum Gasteiger partial charge on any atom is 0.226 e. The van der Waals surface area contributed by atoms with Crippen molar-refractivity contribution in [3.8, 4) is 5.75 Å². The molecule has 1 amide bonds. The summed E-state index contributed by atoms with van der Waals surface area (Å²) in [4.78, 5) is 16.4. The summed E-state index contributed by atoms with van der Waals surface area (Å²) in [5.41, 5.74) is 2.86. The minimum Gasteiger partial charge on any atom is -0.487 e. The van der Waals surface area contributed by atoms with Crippen molar-refractivity contribution in [1.29, 1.82) is 0 Å². The molecular formula is C19H18N4O2. The molecule has 6 heteroatoms. The predicted octanol–water partition coefficient (Wildman–Crippen LogP) is 2.87. The fraction of sp³-hybridized carbons (Fsp3) is 0.211. The highest BCUT2D eigenvalue weighted by Crippen LogP contribution is 2.40. The summed E-state index contributed by atoms with van der Waals surface area (Å²) in [6.07, 6.45) is 3.94. The predicted molar refractivity (Wildman–Crippen MR) is 93.3 cm³/mol. The van der Waals surface area contributed by atoms with Crippen molar-refractivity contribution in [2.24, 2.45) is 7.05 Å². The van der Waals surface area contributed by atoms with E-state index in [2.05, 4.69) is 15.4 Å². The third-order valence-corrected chi connectivity index (χ3v) is 4.39. The van der Waals surface area contributed by atoms with Gasteiger partial charge in [-0.2, -0.15) is 5.10 Å². The van der Waals surface area contributed by atoms with Crippen LogP contribution in [0.2, 0.25) is 0 Å².